The van der Waals surface area contributed by atoms with Crippen molar-refractivity contribution in [1.29, 1.82) is 0 Å². The van der Waals surface area contributed by atoms with Crippen LogP contribution in [0.5, 0.6) is 5.75 Å². The van der Waals surface area contributed by atoms with Gasteiger partial charge in [-0.25, -0.2) is 4.39 Å². The van der Waals surface area contributed by atoms with Gasteiger partial charge in [0.2, 0.25) is 0 Å². The first-order valence-electron chi connectivity index (χ1n) is 3.66. The molecule has 68 valence electrons. The standard InChI is InChI=1S/C10H8BrFO/c1-13-9-5-4-8(3-2-6-11)10(12)7-9/h4-5,7H,6H2,1H3. The Labute approximate surface area is 85.0 Å². The van der Waals surface area contributed by atoms with Gasteiger partial charge in [-0.3, -0.25) is 0 Å². The normalized spacial score (nSPS) is 8.85. The maximum atomic E-state index is 13.2. The summed E-state index contributed by atoms with van der Waals surface area (Å²) in [6, 6.07) is 4.60. The lowest BCUT2D eigenvalue weighted by Gasteiger charge is -1.99. The Bertz CT molecular complexity index is 352. The first-order valence-corrected chi connectivity index (χ1v) is 4.78. The molecule has 3 heteroatoms. The molecule has 1 rings (SSSR count). The second-order valence-corrected chi connectivity index (χ2v) is 2.84. The third-order valence-corrected chi connectivity index (χ3v) is 1.75. The maximum absolute atomic E-state index is 13.2. The van der Waals surface area contributed by atoms with E-state index in [0.29, 0.717) is 16.6 Å². The third kappa shape index (κ3) is 2.74. The van der Waals surface area contributed by atoms with Gasteiger partial charge in [-0.2, -0.15) is 0 Å². The lowest BCUT2D eigenvalue weighted by Crippen LogP contribution is -1.87. The summed E-state index contributed by atoms with van der Waals surface area (Å²) in [4.78, 5) is 0. The van der Waals surface area contributed by atoms with Gasteiger partial charge >= 0.3 is 0 Å². The van der Waals surface area contributed by atoms with Gasteiger partial charge in [0.1, 0.15) is 11.6 Å². The largest absolute Gasteiger partial charge is 0.497 e. The van der Waals surface area contributed by atoms with Crippen LogP contribution in [0.2, 0.25) is 0 Å². The maximum Gasteiger partial charge on any atom is 0.142 e. The summed E-state index contributed by atoms with van der Waals surface area (Å²) in [6.07, 6.45) is 0. The van der Waals surface area contributed by atoms with E-state index in [-0.39, 0.29) is 5.82 Å². The highest BCUT2D eigenvalue weighted by Crippen LogP contribution is 2.15. The molecule has 0 saturated carbocycles. The summed E-state index contributed by atoms with van der Waals surface area (Å²) in [7, 11) is 1.50. The van der Waals surface area contributed by atoms with E-state index in [1.54, 1.807) is 12.1 Å². The Morgan fingerprint density at radius 1 is 1.54 bits per heavy atom. The minimum Gasteiger partial charge on any atom is -0.497 e. The molecule has 0 unspecified atom stereocenters. The fourth-order valence-corrected chi connectivity index (χ4v) is 0.993. The Kier molecular flexibility index (Phi) is 3.78. The molecule has 1 nitrogen and oxygen atoms in total. The van der Waals surface area contributed by atoms with Gasteiger partial charge in [0, 0.05) is 6.07 Å². The van der Waals surface area contributed by atoms with E-state index < -0.39 is 0 Å². The second kappa shape index (κ2) is 4.88. The van der Waals surface area contributed by atoms with E-state index >= 15 is 0 Å². The van der Waals surface area contributed by atoms with Crippen LogP contribution in [0.4, 0.5) is 4.39 Å². The summed E-state index contributed by atoms with van der Waals surface area (Å²) < 4.78 is 18.0. The Morgan fingerprint density at radius 3 is 2.85 bits per heavy atom. The monoisotopic (exact) mass is 242 g/mol. The number of ether oxygens (including phenoxy) is 1. The van der Waals surface area contributed by atoms with E-state index in [2.05, 4.69) is 27.8 Å². The first kappa shape index (κ1) is 10.1. The summed E-state index contributed by atoms with van der Waals surface area (Å²) in [5, 5.41) is 0.540. The van der Waals surface area contributed by atoms with Crippen LogP contribution in [-0.4, -0.2) is 12.4 Å². The number of hydrogen-bond acceptors (Lipinski definition) is 1. The van der Waals surface area contributed by atoms with Gasteiger partial charge in [-0.05, 0) is 12.1 Å². The predicted octanol–water partition coefficient (Wildman–Crippen LogP) is 2.58. The van der Waals surface area contributed by atoms with E-state index in [4.69, 9.17) is 4.74 Å². The molecule has 0 spiro atoms. The van der Waals surface area contributed by atoms with Gasteiger partial charge in [-0.1, -0.05) is 27.8 Å². The fraction of sp³-hybridized carbons (Fsp3) is 0.200. The van der Waals surface area contributed by atoms with E-state index in [1.165, 1.54) is 13.2 Å². The predicted molar refractivity (Wildman–Crippen MR) is 53.6 cm³/mol. The quantitative estimate of drug-likeness (QED) is 0.544. The molecule has 0 aromatic heterocycles. The van der Waals surface area contributed by atoms with Crippen LogP contribution < -0.4 is 4.74 Å². The zero-order valence-corrected chi connectivity index (χ0v) is 8.69. The molecule has 13 heavy (non-hydrogen) atoms. The molecule has 0 aliphatic heterocycles. The molecule has 1 aromatic carbocycles. The Balaban J connectivity index is 2.98. The van der Waals surface area contributed by atoms with Crippen molar-refractivity contribution >= 4 is 15.9 Å². The zero-order chi connectivity index (χ0) is 9.68. The van der Waals surface area contributed by atoms with Crippen molar-refractivity contribution in [3.8, 4) is 17.6 Å². The summed E-state index contributed by atoms with van der Waals surface area (Å²) in [6.45, 7) is 0. The van der Waals surface area contributed by atoms with E-state index in [9.17, 15) is 4.39 Å². The summed E-state index contributed by atoms with van der Waals surface area (Å²) in [5.74, 6) is 5.56. The molecule has 0 saturated heterocycles. The highest BCUT2D eigenvalue weighted by molar-refractivity contribution is 9.09. The molecule has 0 atom stereocenters. The van der Waals surface area contributed by atoms with E-state index in [1.807, 2.05) is 0 Å². The molecule has 0 aliphatic rings. The molecule has 0 heterocycles. The molecular weight excluding hydrogens is 235 g/mol. The van der Waals surface area contributed by atoms with Crippen LogP contribution in [0.25, 0.3) is 0 Å². The van der Waals surface area contributed by atoms with Gasteiger partial charge < -0.3 is 4.74 Å². The Morgan fingerprint density at radius 2 is 2.31 bits per heavy atom. The van der Waals surface area contributed by atoms with Gasteiger partial charge in [0.25, 0.3) is 0 Å². The first-order chi connectivity index (χ1) is 6.27. The number of benzene rings is 1. The highest BCUT2D eigenvalue weighted by Gasteiger charge is 1.99. The zero-order valence-electron chi connectivity index (χ0n) is 7.10. The molecule has 0 aliphatic carbocycles. The number of halogens is 2. The molecule has 1 aromatic rings. The van der Waals surface area contributed by atoms with Gasteiger partial charge in [0.15, 0.2) is 0 Å². The average molecular weight is 243 g/mol. The topological polar surface area (TPSA) is 9.23 Å². The molecule has 0 N–H and O–H groups in total. The molecule has 0 bridgehead atoms. The highest BCUT2D eigenvalue weighted by atomic mass is 79.9. The van der Waals surface area contributed by atoms with Crippen LogP contribution in [0.1, 0.15) is 5.56 Å². The van der Waals surface area contributed by atoms with Crippen molar-refractivity contribution in [2.45, 2.75) is 0 Å². The minimum absolute atomic E-state index is 0.354. The Hall–Kier alpha value is -1.01. The number of methoxy groups -OCH3 is 1. The number of rotatable bonds is 1. The van der Waals surface area contributed by atoms with E-state index in [0.717, 1.165) is 0 Å². The van der Waals surface area contributed by atoms with Crippen molar-refractivity contribution < 1.29 is 9.13 Å². The SMILES string of the molecule is COc1ccc(C#CCBr)c(F)c1. The molecule has 0 amide bonds. The van der Waals surface area contributed by atoms with Crippen molar-refractivity contribution in [3.63, 3.8) is 0 Å². The second-order valence-electron chi connectivity index (χ2n) is 2.28. The van der Waals surface area contributed by atoms with Crippen molar-refractivity contribution in [1.82, 2.24) is 0 Å². The minimum atomic E-state index is -0.354. The van der Waals surface area contributed by atoms with Crippen molar-refractivity contribution in [3.05, 3.63) is 29.6 Å². The van der Waals surface area contributed by atoms with Crippen molar-refractivity contribution in [2.24, 2.45) is 0 Å². The lowest BCUT2D eigenvalue weighted by atomic mass is 10.2. The van der Waals surface area contributed by atoms with Crippen LogP contribution in [0, 0.1) is 17.7 Å². The molecular formula is C10H8BrFO. The van der Waals surface area contributed by atoms with Crippen molar-refractivity contribution in [2.75, 3.05) is 12.4 Å². The smallest absolute Gasteiger partial charge is 0.142 e. The molecule has 0 radical (unpaired) electrons. The van der Waals surface area contributed by atoms with Crippen LogP contribution >= 0.6 is 15.9 Å². The fourth-order valence-electron chi connectivity index (χ4n) is 0.853. The van der Waals surface area contributed by atoms with Gasteiger partial charge in [0.05, 0.1) is 18.0 Å². The van der Waals surface area contributed by atoms with Crippen LogP contribution in [0.15, 0.2) is 18.2 Å². The molecule has 0 fully saturated rings. The number of hydrogen-bond donors (Lipinski definition) is 0. The lowest BCUT2D eigenvalue weighted by molar-refractivity contribution is 0.411. The summed E-state index contributed by atoms with van der Waals surface area (Å²) in [5.41, 5.74) is 0.389. The van der Waals surface area contributed by atoms with Crippen LogP contribution in [-0.2, 0) is 0 Å². The van der Waals surface area contributed by atoms with Crippen LogP contribution in [0.3, 0.4) is 0 Å². The number of alkyl halides is 1. The average Bonchev–Trinajstić information content (AvgIpc) is 2.16. The van der Waals surface area contributed by atoms with Gasteiger partial charge in [-0.15, -0.1) is 0 Å². The third-order valence-electron chi connectivity index (χ3n) is 1.47. The summed E-state index contributed by atoms with van der Waals surface area (Å²) >= 11 is 3.14.